The van der Waals surface area contributed by atoms with Crippen LogP contribution in [0.25, 0.3) is 5.82 Å². The minimum atomic E-state index is -0.430. The number of halogens is 1. The predicted molar refractivity (Wildman–Crippen MR) is 109 cm³/mol. The van der Waals surface area contributed by atoms with Crippen molar-refractivity contribution in [1.29, 1.82) is 0 Å². The zero-order chi connectivity index (χ0) is 20.4. The van der Waals surface area contributed by atoms with E-state index >= 15 is 0 Å². The zero-order valence-corrected chi connectivity index (χ0v) is 16.5. The molecule has 0 bridgehead atoms. The van der Waals surface area contributed by atoms with E-state index in [2.05, 4.69) is 72.5 Å². The molecule has 2 aromatic heterocycles. The number of hydrogen-bond acceptors (Lipinski definition) is 4. The molecule has 0 radical (unpaired) electrons. The molecule has 0 atom stereocenters. The molecule has 4 rings (SSSR count). The van der Waals surface area contributed by atoms with E-state index in [4.69, 9.17) is 4.74 Å². The van der Waals surface area contributed by atoms with E-state index in [-0.39, 0.29) is 5.41 Å². The molecule has 5 nitrogen and oxygen atoms in total. The summed E-state index contributed by atoms with van der Waals surface area (Å²) in [6.07, 6.45) is 2.35. The first-order valence-corrected chi connectivity index (χ1v) is 9.32. The third-order valence-electron chi connectivity index (χ3n) is 4.98. The van der Waals surface area contributed by atoms with Crippen LogP contribution in [-0.4, -0.2) is 20.0 Å². The molecule has 0 saturated heterocycles. The Morgan fingerprint density at radius 2 is 1.52 bits per heavy atom. The van der Waals surface area contributed by atoms with Crippen molar-refractivity contribution >= 4 is 0 Å². The first-order valence-electron chi connectivity index (χ1n) is 9.32. The average molecular weight is 388 g/mol. The summed E-state index contributed by atoms with van der Waals surface area (Å²) in [6, 6.07) is 19.9. The maximum atomic E-state index is 13.1. The second kappa shape index (κ2) is 7.47. The third kappa shape index (κ3) is 4.01. The number of benzene rings is 2. The van der Waals surface area contributed by atoms with Gasteiger partial charge in [-0.25, -0.2) is 9.07 Å². The summed E-state index contributed by atoms with van der Waals surface area (Å²) in [5.74, 6) is 1.00. The summed E-state index contributed by atoms with van der Waals surface area (Å²) < 4.78 is 20.2. The van der Waals surface area contributed by atoms with Gasteiger partial charge in [0, 0.05) is 11.5 Å². The highest BCUT2D eigenvalue weighted by Crippen LogP contribution is 2.33. The standard InChI is InChI=1S/C23H21FN4O/c1-16-4-6-17(7-5-16)23(2,3)18-8-10-20(11-9-18)29-22-13-12-21(26-27-22)28-15-19(24)14-25-28/h4-15H,1-3H3. The summed E-state index contributed by atoms with van der Waals surface area (Å²) in [5, 5.41) is 11.9. The highest BCUT2D eigenvalue weighted by molar-refractivity contribution is 5.41. The van der Waals surface area contributed by atoms with Crippen molar-refractivity contribution in [3.63, 3.8) is 0 Å². The molecule has 6 heteroatoms. The quantitative estimate of drug-likeness (QED) is 0.470. The first kappa shape index (κ1) is 18.8. The number of rotatable bonds is 5. The van der Waals surface area contributed by atoms with Crippen molar-refractivity contribution < 1.29 is 9.13 Å². The zero-order valence-electron chi connectivity index (χ0n) is 16.5. The molecule has 0 aliphatic carbocycles. The lowest BCUT2D eigenvalue weighted by molar-refractivity contribution is 0.453. The van der Waals surface area contributed by atoms with Crippen molar-refractivity contribution in [2.45, 2.75) is 26.2 Å². The van der Waals surface area contributed by atoms with Gasteiger partial charge < -0.3 is 4.74 Å². The lowest BCUT2D eigenvalue weighted by atomic mass is 9.78. The lowest BCUT2D eigenvalue weighted by Gasteiger charge is -2.26. The largest absolute Gasteiger partial charge is 0.438 e. The van der Waals surface area contributed by atoms with Crippen LogP contribution in [0.2, 0.25) is 0 Å². The Balaban J connectivity index is 1.48. The Bertz CT molecular complexity index is 1100. The maximum absolute atomic E-state index is 13.1. The number of ether oxygens (including phenoxy) is 1. The number of aryl methyl sites for hydroxylation is 1. The summed E-state index contributed by atoms with van der Waals surface area (Å²) in [7, 11) is 0. The monoisotopic (exact) mass is 388 g/mol. The average Bonchev–Trinajstić information content (AvgIpc) is 3.16. The fourth-order valence-electron chi connectivity index (χ4n) is 3.11. The SMILES string of the molecule is Cc1ccc(C(C)(C)c2ccc(Oc3ccc(-n4cc(F)cn4)nn3)cc2)cc1. The van der Waals surface area contributed by atoms with Crippen molar-refractivity contribution in [2.75, 3.05) is 0 Å². The van der Waals surface area contributed by atoms with Gasteiger partial charge in [-0.05, 0) is 36.2 Å². The second-order valence-electron chi connectivity index (χ2n) is 7.45. The van der Waals surface area contributed by atoms with Gasteiger partial charge in [0.05, 0.1) is 12.4 Å². The van der Waals surface area contributed by atoms with E-state index in [9.17, 15) is 4.39 Å². The molecule has 0 spiro atoms. The molecule has 0 fully saturated rings. The van der Waals surface area contributed by atoms with Crippen LogP contribution in [0, 0.1) is 12.7 Å². The molecule has 2 heterocycles. The van der Waals surface area contributed by atoms with Gasteiger partial charge in [0.1, 0.15) is 5.75 Å². The molecule has 4 aromatic rings. The molecule has 146 valence electrons. The number of nitrogens with zero attached hydrogens (tertiary/aromatic N) is 4. The molecular formula is C23H21FN4O. The maximum Gasteiger partial charge on any atom is 0.238 e. The second-order valence-corrected chi connectivity index (χ2v) is 7.45. The smallest absolute Gasteiger partial charge is 0.238 e. The van der Waals surface area contributed by atoms with Crippen molar-refractivity contribution in [3.05, 3.63) is 95.6 Å². The van der Waals surface area contributed by atoms with Gasteiger partial charge in [0.15, 0.2) is 11.6 Å². The van der Waals surface area contributed by atoms with Gasteiger partial charge in [0.25, 0.3) is 0 Å². The molecule has 0 N–H and O–H groups in total. The molecule has 0 unspecified atom stereocenters. The highest BCUT2D eigenvalue weighted by atomic mass is 19.1. The predicted octanol–water partition coefficient (Wildman–Crippen LogP) is 5.23. The Labute approximate surface area is 168 Å². The Morgan fingerprint density at radius 1 is 0.862 bits per heavy atom. The fraction of sp³-hybridized carbons (Fsp3) is 0.174. The fourth-order valence-corrected chi connectivity index (χ4v) is 3.11. The molecular weight excluding hydrogens is 367 g/mol. The van der Waals surface area contributed by atoms with Crippen molar-refractivity contribution in [2.24, 2.45) is 0 Å². The summed E-state index contributed by atoms with van der Waals surface area (Å²) in [5.41, 5.74) is 3.58. The van der Waals surface area contributed by atoms with Crippen molar-refractivity contribution in [3.8, 4) is 17.4 Å². The first-order chi connectivity index (χ1) is 13.9. The van der Waals surface area contributed by atoms with Gasteiger partial charge >= 0.3 is 0 Å². The van der Waals surface area contributed by atoms with Crippen LogP contribution in [-0.2, 0) is 5.41 Å². The molecule has 0 aliphatic rings. The molecule has 0 aliphatic heterocycles. The lowest BCUT2D eigenvalue weighted by Crippen LogP contribution is -2.18. The van der Waals surface area contributed by atoms with Crippen LogP contribution in [0.15, 0.2) is 73.1 Å². The summed E-state index contributed by atoms with van der Waals surface area (Å²) >= 11 is 0. The molecule has 0 saturated carbocycles. The van der Waals surface area contributed by atoms with E-state index in [1.165, 1.54) is 27.6 Å². The van der Waals surface area contributed by atoms with E-state index < -0.39 is 5.82 Å². The van der Waals surface area contributed by atoms with Gasteiger partial charge in [-0.15, -0.1) is 10.2 Å². The van der Waals surface area contributed by atoms with Crippen LogP contribution in [0.5, 0.6) is 11.6 Å². The van der Waals surface area contributed by atoms with Crippen LogP contribution < -0.4 is 4.74 Å². The minimum absolute atomic E-state index is 0.118. The van der Waals surface area contributed by atoms with Crippen LogP contribution in [0.1, 0.15) is 30.5 Å². The Kier molecular flexibility index (Phi) is 4.84. The van der Waals surface area contributed by atoms with Gasteiger partial charge in [-0.1, -0.05) is 55.8 Å². The van der Waals surface area contributed by atoms with Gasteiger partial charge in [-0.3, -0.25) is 0 Å². The number of hydrogen-bond donors (Lipinski definition) is 0. The highest BCUT2D eigenvalue weighted by Gasteiger charge is 2.22. The van der Waals surface area contributed by atoms with Gasteiger partial charge in [0.2, 0.25) is 5.88 Å². The summed E-state index contributed by atoms with van der Waals surface area (Å²) in [6.45, 7) is 6.50. The van der Waals surface area contributed by atoms with Crippen molar-refractivity contribution in [1.82, 2.24) is 20.0 Å². The third-order valence-corrected chi connectivity index (χ3v) is 4.98. The number of aromatic nitrogens is 4. The van der Waals surface area contributed by atoms with E-state index in [0.29, 0.717) is 17.4 Å². The molecule has 29 heavy (non-hydrogen) atoms. The van der Waals surface area contributed by atoms with Crippen LogP contribution in [0.3, 0.4) is 0 Å². The van der Waals surface area contributed by atoms with Crippen LogP contribution in [0.4, 0.5) is 4.39 Å². The normalized spacial score (nSPS) is 11.4. The van der Waals surface area contributed by atoms with E-state index in [1.807, 2.05) is 12.1 Å². The molecule has 0 amide bonds. The van der Waals surface area contributed by atoms with E-state index in [1.54, 1.807) is 12.1 Å². The Morgan fingerprint density at radius 3 is 2.07 bits per heavy atom. The van der Waals surface area contributed by atoms with Crippen LogP contribution >= 0.6 is 0 Å². The van der Waals surface area contributed by atoms with Gasteiger partial charge in [-0.2, -0.15) is 5.10 Å². The minimum Gasteiger partial charge on any atom is -0.438 e. The Hall–Kier alpha value is -3.54. The summed E-state index contributed by atoms with van der Waals surface area (Å²) in [4.78, 5) is 0. The molecule has 2 aromatic carbocycles. The topological polar surface area (TPSA) is 52.8 Å². The van der Waals surface area contributed by atoms with E-state index in [0.717, 1.165) is 6.20 Å².